The summed E-state index contributed by atoms with van der Waals surface area (Å²) in [4.78, 5) is 66.2. The lowest BCUT2D eigenvalue weighted by Gasteiger charge is -2.19. The van der Waals surface area contributed by atoms with E-state index in [9.17, 15) is 24.0 Å². The molecule has 0 spiro atoms. The number of amides is 3. The van der Waals surface area contributed by atoms with E-state index in [0.29, 0.717) is 41.1 Å². The molecule has 3 aromatic rings. The first kappa shape index (κ1) is 31.5. The molecule has 14 nitrogen and oxygen atoms in total. The largest absolute Gasteiger partial charge is 0.481 e. The Hall–Kier alpha value is -5.01. The molecule has 0 aliphatic rings. The number of ether oxygens (including phenoxy) is 2. The molecule has 2 heterocycles. The van der Waals surface area contributed by atoms with E-state index >= 15 is 0 Å². The molecule has 3 N–H and O–H groups in total. The Morgan fingerprint density at radius 2 is 1.81 bits per heavy atom. The summed E-state index contributed by atoms with van der Waals surface area (Å²) in [5.41, 5.74) is 3.13. The van der Waals surface area contributed by atoms with Gasteiger partial charge in [-0.15, -0.1) is 0 Å². The molecule has 0 saturated heterocycles. The Morgan fingerprint density at radius 3 is 2.50 bits per heavy atom. The first-order chi connectivity index (χ1) is 20.1. The number of benzene rings is 1. The van der Waals surface area contributed by atoms with Crippen LogP contribution in [0.15, 0.2) is 30.7 Å². The van der Waals surface area contributed by atoms with E-state index in [2.05, 4.69) is 20.7 Å². The van der Waals surface area contributed by atoms with Gasteiger partial charge in [-0.25, -0.2) is 19.2 Å². The summed E-state index contributed by atoms with van der Waals surface area (Å²) >= 11 is 0. The lowest BCUT2D eigenvalue weighted by Crippen LogP contribution is -2.38. The predicted molar refractivity (Wildman–Crippen MR) is 150 cm³/mol. The number of rotatable bonds is 13. The summed E-state index contributed by atoms with van der Waals surface area (Å²) < 4.78 is 11.2. The van der Waals surface area contributed by atoms with Gasteiger partial charge in [0.25, 0.3) is 11.8 Å². The van der Waals surface area contributed by atoms with Gasteiger partial charge in [-0.3, -0.25) is 19.2 Å². The van der Waals surface area contributed by atoms with E-state index in [4.69, 9.17) is 14.6 Å². The van der Waals surface area contributed by atoms with Gasteiger partial charge in [0.15, 0.2) is 5.82 Å². The number of nitrogens with zero attached hydrogens (tertiary/aromatic N) is 4. The molecule has 0 aliphatic carbocycles. The van der Waals surface area contributed by atoms with Crippen molar-refractivity contribution in [2.75, 3.05) is 25.2 Å². The van der Waals surface area contributed by atoms with E-state index < -0.39 is 37.2 Å². The topological polar surface area (TPSA) is 182 Å². The number of aliphatic carboxylic acids is 1. The molecule has 0 fully saturated rings. The second-order valence-corrected chi connectivity index (χ2v) is 9.38. The number of carbonyl (C=O) groups excluding carboxylic acids is 4. The van der Waals surface area contributed by atoms with Crippen LogP contribution in [0.4, 0.5) is 16.3 Å². The minimum atomic E-state index is -1.17. The summed E-state index contributed by atoms with van der Waals surface area (Å²) in [6.45, 7) is 7.13. The number of aromatic nitrogens is 3. The molecule has 1 aromatic carbocycles. The summed E-state index contributed by atoms with van der Waals surface area (Å²) in [7, 11) is 0. The Bertz CT molecular complexity index is 1480. The van der Waals surface area contributed by atoms with Crippen LogP contribution in [0.25, 0.3) is 5.52 Å². The third-order valence-electron chi connectivity index (χ3n) is 6.20. The average molecular weight is 583 g/mol. The number of fused-ring (bicyclic) bond motifs is 1. The number of carboxylic acids is 1. The number of nitrogens with one attached hydrogen (secondary N) is 2. The van der Waals surface area contributed by atoms with Crippen LogP contribution in [0.1, 0.15) is 71.4 Å². The standard InChI is InChI=1S/C28H34N6O8/c1-5-11-29-26(38)19-8-7-17(3)21(13-19)32-25-24-18(4)20(14-34(24)31-15-30-25)27(39)33(12-6-2)28(40)42-16-41-23(37)10-9-22(35)36/h7-8,13-15H,5-6,9-12,16H2,1-4H3,(H,29,38)(H,35,36)(H,30,31,32). The summed E-state index contributed by atoms with van der Waals surface area (Å²) in [6, 6.07) is 5.27. The molecule has 42 heavy (non-hydrogen) atoms. The number of carbonyl (C=O) groups is 5. The van der Waals surface area contributed by atoms with Crippen molar-refractivity contribution < 1.29 is 38.6 Å². The highest BCUT2D eigenvalue weighted by molar-refractivity contribution is 6.05. The zero-order chi connectivity index (χ0) is 30.8. The summed E-state index contributed by atoms with van der Waals surface area (Å²) in [5, 5.41) is 18.9. The van der Waals surface area contributed by atoms with Crippen LogP contribution < -0.4 is 10.6 Å². The number of aryl methyl sites for hydroxylation is 2. The third kappa shape index (κ3) is 7.80. The highest BCUT2D eigenvalue weighted by Gasteiger charge is 2.28. The quantitative estimate of drug-likeness (QED) is 0.198. The van der Waals surface area contributed by atoms with Gasteiger partial charge >= 0.3 is 18.0 Å². The van der Waals surface area contributed by atoms with Crippen molar-refractivity contribution >= 4 is 46.9 Å². The fourth-order valence-electron chi connectivity index (χ4n) is 3.98. The predicted octanol–water partition coefficient (Wildman–Crippen LogP) is 3.58. The van der Waals surface area contributed by atoms with Gasteiger partial charge in [-0.1, -0.05) is 19.9 Å². The number of esters is 1. The van der Waals surface area contributed by atoms with Crippen LogP contribution in [0, 0.1) is 13.8 Å². The van der Waals surface area contributed by atoms with Crippen molar-refractivity contribution in [3.05, 3.63) is 53.0 Å². The molecule has 0 atom stereocenters. The lowest BCUT2D eigenvalue weighted by molar-refractivity contribution is -0.154. The fourth-order valence-corrected chi connectivity index (χ4v) is 3.98. The number of hydrogen-bond acceptors (Lipinski definition) is 10. The lowest BCUT2D eigenvalue weighted by atomic mass is 10.1. The maximum Gasteiger partial charge on any atom is 0.419 e. The average Bonchev–Trinajstić information content (AvgIpc) is 3.31. The monoisotopic (exact) mass is 582 g/mol. The van der Waals surface area contributed by atoms with Gasteiger partial charge < -0.3 is 25.2 Å². The van der Waals surface area contributed by atoms with Crippen LogP contribution in [-0.2, 0) is 19.1 Å². The molecule has 0 radical (unpaired) electrons. The number of anilines is 2. The Kier molecular flexibility index (Phi) is 10.9. The van der Waals surface area contributed by atoms with Crippen LogP contribution in [0.2, 0.25) is 0 Å². The maximum absolute atomic E-state index is 13.5. The van der Waals surface area contributed by atoms with Gasteiger partial charge in [0, 0.05) is 30.5 Å². The minimum absolute atomic E-state index is 0.0269. The molecular weight excluding hydrogens is 548 g/mol. The Balaban J connectivity index is 1.83. The van der Waals surface area contributed by atoms with E-state index in [1.807, 2.05) is 19.9 Å². The van der Waals surface area contributed by atoms with Gasteiger partial charge in [0.2, 0.25) is 6.79 Å². The maximum atomic E-state index is 13.5. The Morgan fingerprint density at radius 1 is 1.05 bits per heavy atom. The Labute approximate surface area is 242 Å². The number of hydrogen-bond donors (Lipinski definition) is 3. The summed E-state index contributed by atoms with van der Waals surface area (Å²) in [5.74, 6) is -2.49. The van der Waals surface area contributed by atoms with Crippen LogP contribution in [0.3, 0.4) is 0 Å². The normalized spacial score (nSPS) is 10.7. The highest BCUT2D eigenvalue weighted by Crippen LogP contribution is 2.28. The van der Waals surface area contributed by atoms with E-state index in [-0.39, 0.29) is 24.4 Å². The molecule has 224 valence electrons. The first-order valence-corrected chi connectivity index (χ1v) is 13.4. The van der Waals surface area contributed by atoms with E-state index in [1.54, 1.807) is 26.0 Å². The van der Waals surface area contributed by atoms with Crippen molar-refractivity contribution in [1.29, 1.82) is 0 Å². The van der Waals surface area contributed by atoms with E-state index in [0.717, 1.165) is 16.9 Å². The first-order valence-electron chi connectivity index (χ1n) is 13.4. The van der Waals surface area contributed by atoms with Crippen molar-refractivity contribution in [1.82, 2.24) is 24.8 Å². The molecular formula is C28H34N6O8. The SMILES string of the molecule is CCCNC(=O)c1ccc(C)c(Nc2ncnn3cc(C(=O)N(CCC)C(=O)OCOC(=O)CCC(=O)O)c(C)c23)c1. The van der Waals surface area contributed by atoms with Gasteiger partial charge in [0.1, 0.15) is 11.8 Å². The van der Waals surface area contributed by atoms with Crippen molar-refractivity contribution in [3.8, 4) is 0 Å². The second kappa shape index (κ2) is 14.6. The number of carboxylic acid groups (broad SMARTS) is 1. The molecule has 0 saturated carbocycles. The molecule has 2 aromatic heterocycles. The summed E-state index contributed by atoms with van der Waals surface area (Å²) in [6.07, 6.45) is 2.20. The number of imide groups is 1. The smallest absolute Gasteiger partial charge is 0.419 e. The van der Waals surface area contributed by atoms with Crippen molar-refractivity contribution in [2.24, 2.45) is 0 Å². The fraction of sp³-hybridized carbons (Fsp3) is 0.393. The second-order valence-electron chi connectivity index (χ2n) is 9.38. The van der Waals surface area contributed by atoms with Crippen LogP contribution in [0.5, 0.6) is 0 Å². The van der Waals surface area contributed by atoms with Crippen molar-refractivity contribution in [3.63, 3.8) is 0 Å². The highest BCUT2D eigenvalue weighted by atomic mass is 16.7. The molecule has 14 heteroatoms. The van der Waals surface area contributed by atoms with Crippen LogP contribution >= 0.6 is 0 Å². The van der Waals surface area contributed by atoms with Gasteiger partial charge in [0.05, 0.1) is 18.4 Å². The molecule has 0 bridgehead atoms. The van der Waals surface area contributed by atoms with Crippen molar-refractivity contribution in [2.45, 2.75) is 53.4 Å². The van der Waals surface area contributed by atoms with Crippen LogP contribution in [-0.4, -0.2) is 74.3 Å². The van der Waals surface area contributed by atoms with Gasteiger partial charge in [-0.2, -0.15) is 5.10 Å². The van der Waals surface area contributed by atoms with E-state index in [1.165, 1.54) is 17.0 Å². The zero-order valence-corrected chi connectivity index (χ0v) is 23.9. The van der Waals surface area contributed by atoms with Gasteiger partial charge in [-0.05, 0) is 49.9 Å². The molecule has 3 rings (SSSR count). The molecule has 0 unspecified atom stereocenters. The third-order valence-corrected chi connectivity index (χ3v) is 6.20. The molecule has 3 amide bonds. The minimum Gasteiger partial charge on any atom is -0.481 e. The molecule has 0 aliphatic heterocycles. The zero-order valence-electron chi connectivity index (χ0n) is 23.9.